The maximum Gasteiger partial charge on any atom is 0.387 e. The van der Waals surface area contributed by atoms with Crippen molar-refractivity contribution >= 4 is 18.0 Å². The number of carboxylic acid groups (broad SMARTS) is 2. The highest BCUT2D eigenvalue weighted by Gasteiger charge is 2.09. The van der Waals surface area contributed by atoms with E-state index >= 15 is 0 Å². The normalized spacial score (nSPS) is 10.9. The van der Waals surface area contributed by atoms with Crippen LogP contribution in [0.3, 0.4) is 0 Å². The van der Waals surface area contributed by atoms with Crippen LogP contribution in [-0.2, 0) is 16.0 Å². The van der Waals surface area contributed by atoms with Gasteiger partial charge in [0.1, 0.15) is 5.75 Å². The Morgan fingerprint density at radius 2 is 2.00 bits per heavy atom. The number of carboxylic acids is 2. The average molecular weight is 286 g/mol. The van der Waals surface area contributed by atoms with Crippen LogP contribution in [0.5, 0.6) is 5.75 Å². The van der Waals surface area contributed by atoms with Crippen molar-refractivity contribution < 1.29 is 33.3 Å². The molecule has 0 aromatic heterocycles. The van der Waals surface area contributed by atoms with E-state index in [9.17, 15) is 18.4 Å². The van der Waals surface area contributed by atoms with Crippen molar-refractivity contribution in [3.8, 4) is 5.75 Å². The molecule has 0 amide bonds. The molecule has 20 heavy (non-hydrogen) atoms. The summed E-state index contributed by atoms with van der Waals surface area (Å²) in [6.45, 7) is -2.98. The van der Waals surface area contributed by atoms with Gasteiger partial charge in [-0.3, -0.25) is 4.79 Å². The lowest BCUT2D eigenvalue weighted by atomic mass is 10.0. The predicted molar refractivity (Wildman–Crippen MR) is 65.7 cm³/mol. The number of rotatable bonds is 7. The highest BCUT2D eigenvalue weighted by atomic mass is 19.3. The van der Waals surface area contributed by atoms with Crippen molar-refractivity contribution in [3.05, 3.63) is 35.4 Å². The molecule has 7 heteroatoms. The van der Waals surface area contributed by atoms with Crippen LogP contribution in [0.4, 0.5) is 8.78 Å². The van der Waals surface area contributed by atoms with Gasteiger partial charge >= 0.3 is 18.6 Å². The van der Waals surface area contributed by atoms with E-state index in [4.69, 9.17) is 10.2 Å². The predicted octanol–water partition coefficient (Wildman–Crippen LogP) is 2.40. The topological polar surface area (TPSA) is 83.8 Å². The van der Waals surface area contributed by atoms with Gasteiger partial charge in [-0.1, -0.05) is 6.07 Å². The van der Waals surface area contributed by atoms with Crippen molar-refractivity contribution in [2.75, 3.05) is 0 Å². The molecule has 1 aromatic carbocycles. The number of alkyl halides is 2. The van der Waals surface area contributed by atoms with Gasteiger partial charge in [-0.2, -0.15) is 8.78 Å². The summed E-state index contributed by atoms with van der Waals surface area (Å²) in [5.74, 6) is -2.31. The van der Waals surface area contributed by atoms with E-state index in [2.05, 4.69) is 4.74 Å². The number of aliphatic carboxylic acids is 2. The molecule has 0 spiro atoms. The molecule has 0 fully saturated rings. The fourth-order valence-corrected chi connectivity index (χ4v) is 1.54. The smallest absolute Gasteiger partial charge is 0.387 e. The summed E-state index contributed by atoms with van der Waals surface area (Å²) < 4.78 is 28.4. The van der Waals surface area contributed by atoms with Gasteiger partial charge in [0.15, 0.2) is 0 Å². The van der Waals surface area contributed by atoms with E-state index in [-0.39, 0.29) is 18.6 Å². The number of aryl methyl sites for hydroxylation is 1. The molecule has 0 aliphatic heterocycles. The Morgan fingerprint density at radius 3 is 2.55 bits per heavy atom. The third-order valence-electron chi connectivity index (χ3n) is 2.35. The molecule has 0 heterocycles. The number of ether oxygens (including phenoxy) is 1. The highest BCUT2D eigenvalue weighted by molar-refractivity contribution is 5.85. The summed E-state index contributed by atoms with van der Waals surface area (Å²) in [6.07, 6.45) is 2.03. The van der Waals surface area contributed by atoms with Crippen LogP contribution in [0, 0.1) is 0 Å². The van der Waals surface area contributed by atoms with E-state index in [1.54, 1.807) is 0 Å². The number of hydrogen-bond acceptors (Lipinski definition) is 3. The van der Waals surface area contributed by atoms with Crippen LogP contribution in [0.1, 0.15) is 17.5 Å². The number of halogens is 2. The fourth-order valence-electron chi connectivity index (χ4n) is 1.54. The molecule has 5 nitrogen and oxygen atoms in total. The first-order valence-electron chi connectivity index (χ1n) is 5.59. The minimum absolute atomic E-state index is 0.0784. The van der Waals surface area contributed by atoms with Crippen molar-refractivity contribution in [1.82, 2.24) is 0 Å². The molecule has 108 valence electrons. The monoisotopic (exact) mass is 286 g/mol. The zero-order valence-corrected chi connectivity index (χ0v) is 10.3. The minimum atomic E-state index is -2.98. The summed E-state index contributed by atoms with van der Waals surface area (Å²) in [4.78, 5) is 21.0. The summed E-state index contributed by atoms with van der Waals surface area (Å²) in [5.41, 5.74) is 0.860. The van der Waals surface area contributed by atoms with E-state index in [0.717, 1.165) is 6.08 Å². The van der Waals surface area contributed by atoms with Crippen molar-refractivity contribution in [3.63, 3.8) is 0 Å². The molecule has 0 bridgehead atoms. The van der Waals surface area contributed by atoms with Gasteiger partial charge < -0.3 is 14.9 Å². The minimum Gasteiger partial charge on any atom is -0.481 e. The Hall–Kier alpha value is -2.44. The van der Waals surface area contributed by atoms with Crippen LogP contribution in [-0.4, -0.2) is 28.8 Å². The first kappa shape index (κ1) is 15.6. The molecular weight excluding hydrogens is 274 g/mol. The Bertz CT molecular complexity index is 525. The molecule has 0 saturated carbocycles. The third-order valence-corrected chi connectivity index (χ3v) is 2.35. The molecule has 0 atom stereocenters. The average Bonchev–Trinajstić information content (AvgIpc) is 2.34. The van der Waals surface area contributed by atoms with Crippen LogP contribution in [0.2, 0.25) is 0 Å². The first-order chi connectivity index (χ1) is 9.38. The van der Waals surface area contributed by atoms with Crippen LogP contribution < -0.4 is 4.74 Å². The maximum atomic E-state index is 12.1. The summed E-state index contributed by atoms with van der Waals surface area (Å²) >= 11 is 0. The Balaban J connectivity index is 3.02. The molecule has 1 rings (SSSR count). The van der Waals surface area contributed by atoms with E-state index in [0.29, 0.717) is 11.1 Å². The summed E-state index contributed by atoms with van der Waals surface area (Å²) in [5, 5.41) is 17.2. The summed E-state index contributed by atoms with van der Waals surface area (Å²) in [6, 6.07) is 3.93. The number of carbonyl (C=O) groups is 2. The largest absolute Gasteiger partial charge is 0.481 e. The second kappa shape index (κ2) is 7.22. The highest BCUT2D eigenvalue weighted by Crippen LogP contribution is 2.22. The van der Waals surface area contributed by atoms with Crippen molar-refractivity contribution in [2.45, 2.75) is 19.5 Å². The zero-order valence-electron chi connectivity index (χ0n) is 10.3. The lowest BCUT2D eigenvalue weighted by Gasteiger charge is -2.09. The molecule has 0 saturated heterocycles. The lowest BCUT2D eigenvalue weighted by molar-refractivity contribution is -0.137. The van der Waals surface area contributed by atoms with Gasteiger partial charge in [-0.25, -0.2) is 4.79 Å². The zero-order chi connectivity index (χ0) is 15.1. The SMILES string of the molecule is O=C(O)/C=C/c1ccc(OC(F)F)cc1CCC(=O)O. The van der Waals surface area contributed by atoms with E-state index in [1.165, 1.54) is 24.3 Å². The fraction of sp³-hybridized carbons (Fsp3) is 0.231. The molecule has 0 aliphatic carbocycles. The molecule has 1 aromatic rings. The van der Waals surface area contributed by atoms with Gasteiger partial charge in [-0.15, -0.1) is 0 Å². The second-order valence-electron chi connectivity index (χ2n) is 3.80. The Labute approximate surface area is 113 Å². The second-order valence-corrected chi connectivity index (χ2v) is 3.80. The molecule has 0 aliphatic rings. The van der Waals surface area contributed by atoms with E-state index in [1.807, 2.05) is 0 Å². The van der Waals surface area contributed by atoms with Crippen LogP contribution in [0.15, 0.2) is 24.3 Å². The lowest BCUT2D eigenvalue weighted by Crippen LogP contribution is -2.04. The quantitative estimate of drug-likeness (QED) is 0.752. The standard InChI is InChI=1S/C13H12F2O5/c14-13(15)20-10-4-1-8(2-5-11(16)17)9(7-10)3-6-12(18)19/h1-2,4-5,7,13H,3,6H2,(H,16,17)(H,18,19)/b5-2+. The van der Waals surface area contributed by atoms with Gasteiger partial charge in [-0.05, 0) is 35.8 Å². The van der Waals surface area contributed by atoms with Crippen LogP contribution in [0.25, 0.3) is 6.08 Å². The van der Waals surface area contributed by atoms with Gasteiger partial charge in [0.25, 0.3) is 0 Å². The molecule has 0 radical (unpaired) electrons. The number of hydrogen-bond donors (Lipinski definition) is 2. The number of benzene rings is 1. The van der Waals surface area contributed by atoms with Gasteiger partial charge in [0.2, 0.25) is 0 Å². The molecule has 2 N–H and O–H groups in total. The van der Waals surface area contributed by atoms with E-state index < -0.39 is 18.6 Å². The summed E-state index contributed by atoms with van der Waals surface area (Å²) in [7, 11) is 0. The molecule has 0 unspecified atom stereocenters. The van der Waals surface area contributed by atoms with Gasteiger partial charge in [0.05, 0.1) is 0 Å². The maximum absolute atomic E-state index is 12.1. The Morgan fingerprint density at radius 1 is 1.30 bits per heavy atom. The van der Waals surface area contributed by atoms with Crippen LogP contribution >= 0.6 is 0 Å². The van der Waals surface area contributed by atoms with Crippen molar-refractivity contribution in [2.24, 2.45) is 0 Å². The van der Waals surface area contributed by atoms with Crippen molar-refractivity contribution in [1.29, 1.82) is 0 Å². The molecular formula is C13H12F2O5. The first-order valence-corrected chi connectivity index (χ1v) is 5.59. The third kappa shape index (κ3) is 5.47. The Kier molecular flexibility index (Phi) is 5.64. The van der Waals surface area contributed by atoms with Gasteiger partial charge in [0, 0.05) is 12.5 Å².